The lowest BCUT2D eigenvalue weighted by Gasteiger charge is -2.07. The van der Waals surface area contributed by atoms with Crippen LogP contribution in [0.1, 0.15) is 17.1 Å². The van der Waals surface area contributed by atoms with Gasteiger partial charge in [-0.15, -0.1) is 16.8 Å². The standard InChI is InChI=1S/C19H17F2N5O4S/c1-3-6-26-17(28)12(10(2)22-18(26)29)8-16-24-25-19(30-16)31-9-15(27)23-14-5-4-11(20)7-13(14)21/h3-5,7H,1,6,8-9H2,2H3,(H,22,29)(H,23,27). The second-order valence-electron chi connectivity index (χ2n) is 6.34. The molecule has 0 aliphatic carbocycles. The van der Waals surface area contributed by atoms with Crippen LogP contribution in [0.5, 0.6) is 0 Å². The summed E-state index contributed by atoms with van der Waals surface area (Å²) >= 11 is 0.907. The van der Waals surface area contributed by atoms with Crippen molar-refractivity contribution >= 4 is 23.4 Å². The second kappa shape index (κ2) is 9.51. The molecule has 0 saturated heterocycles. The number of rotatable bonds is 8. The topological polar surface area (TPSA) is 123 Å². The number of halogens is 2. The minimum Gasteiger partial charge on any atom is -0.416 e. The lowest BCUT2D eigenvalue weighted by molar-refractivity contribution is -0.113. The van der Waals surface area contributed by atoms with Crippen LogP contribution in [0.4, 0.5) is 14.5 Å². The highest BCUT2D eigenvalue weighted by Gasteiger charge is 2.16. The van der Waals surface area contributed by atoms with Crippen LogP contribution in [0.3, 0.4) is 0 Å². The number of hydrogen-bond acceptors (Lipinski definition) is 7. The molecule has 0 atom stereocenters. The first-order chi connectivity index (χ1) is 14.8. The fraction of sp³-hybridized carbons (Fsp3) is 0.211. The van der Waals surface area contributed by atoms with Crippen molar-refractivity contribution in [1.29, 1.82) is 0 Å². The van der Waals surface area contributed by atoms with E-state index in [-0.39, 0.29) is 41.1 Å². The number of benzene rings is 1. The number of aryl methyl sites for hydroxylation is 1. The fourth-order valence-electron chi connectivity index (χ4n) is 2.65. The summed E-state index contributed by atoms with van der Waals surface area (Å²) in [6.45, 7) is 5.16. The molecule has 0 fully saturated rings. The molecule has 0 unspecified atom stereocenters. The number of carbonyl (C=O) groups is 1. The number of nitrogens with zero attached hydrogens (tertiary/aromatic N) is 3. The average molecular weight is 449 g/mol. The Hall–Kier alpha value is -3.54. The van der Waals surface area contributed by atoms with Crippen LogP contribution in [0, 0.1) is 18.6 Å². The van der Waals surface area contributed by atoms with Crippen LogP contribution >= 0.6 is 11.8 Å². The summed E-state index contributed by atoms with van der Waals surface area (Å²) in [7, 11) is 0. The van der Waals surface area contributed by atoms with Crippen LogP contribution < -0.4 is 16.6 Å². The van der Waals surface area contributed by atoms with Crippen LogP contribution in [0.15, 0.2) is 50.1 Å². The molecular formula is C19H17F2N5O4S. The first-order valence-corrected chi connectivity index (χ1v) is 9.90. The van der Waals surface area contributed by atoms with E-state index in [0.717, 1.165) is 28.5 Å². The first kappa shape index (κ1) is 22.2. The minimum atomic E-state index is -0.892. The van der Waals surface area contributed by atoms with Gasteiger partial charge in [-0.25, -0.2) is 13.6 Å². The van der Waals surface area contributed by atoms with Crippen LogP contribution in [0.2, 0.25) is 0 Å². The van der Waals surface area contributed by atoms with Crippen molar-refractivity contribution in [3.63, 3.8) is 0 Å². The van der Waals surface area contributed by atoms with Gasteiger partial charge in [0.25, 0.3) is 10.8 Å². The molecule has 1 aromatic carbocycles. The summed E-state index contributed by atoms with van der Waals surface area (Å²) in [5, 5.41) is 10.0. The summed E-state index contributed by atoms with van der Waals surface area (Å²) < 4.78 is 33.0. The van der Waals surface area contributed by atoms with Gasteiger partial charge in [0.15, 0.2) is 0 Å². The molecule has 0 radical (unpaired) electrons. The number of amides is 1. The normalized spacial score (nSPS) is 10.8. The molecule has 2 N–H and O–H groups in total. The molecule has 0 aliphatic heterocycles. The number of allylic oxidation sites excluding steroid dienone is 1. The van der Waals surface area contributed by atoms with Crippen LogP contribution in [-0.4, -0.2) is 31.4 Å². The summed E-state index contributed by atoms with van der Waals surface area (Å²) in [5.74, 6) is -2.25. The van der Waals surface area contributed by atoms with Gasteiger partial charge < -0.3 is 14.7 Å². The Morgan fingerprint density at radius 1 is 1.35 bits per heavy atom. The van der Waals surface area contributed by atoms with Crippen molar-refractivity contribution in [1.82, 2.24) is 19.7 Å². The molecular weight excluding hydrogens is 432 g/mol. The lowest BCUT2D eigenvalue weighted by Crippen LogP contribution is -2.37. The maximum Gasteiger partial charge on any atom is 0.328 e. The van der Waals surface area contributed by atoms with E-state index in [1.54, 1.807) is 6.92 Å². The van der Waals surface area contributed by atoms with E-state index in [9.17, 15) is 23.2 Å². The van der Waals surface area contributed by atoms with E-state index >= 15 is 0 Å². The van der Waals surface area contributed by atoms with Gasteiger partial charge in [0.2, 0.25) is 11.8 Å². The maximum atomic E-state index is 13.6. The molecule has 12 heteroatoms. The summed E-state index contributed by atoms with van der Waals surface area (Å²) in [5.41, 5.74) is -0.525. The number of aromatic amines is 1. The highest BCUT2D eigenvalue weighted by atomic mass is 32.2. The Morgan fingerprint density at radius 3 is 2.84 bits per heavy atom. The molecule has 0 spiro atoms. The zero-order valence-corrected chi connectivity index (χ0v) is 17.1. The summed E-state index contributed by atoms with van der Waals surface area (Å²) in [6, 6.07) is 2.80. The van der Waals surface area contributed by atoms with Gasteiger partial charge in [0.1, 0.15) is 11.6 Å². The van der Waals surface area contributed by atoms with Crippen molar-refractivity contribution in [2.45, 2.75) is 25.1 Å². The molecule has 0 aliphatic rings. The lowest BCUT2D eigenvalue weighted by atomic mass is 10.1. The molecule has 2 heterocycles. The maximum absolute atomic E-state index is 13.6. The monoisotopic (exact) mass is 449 g/mol. The molecule has 9 nitrogen and oxygen atoms in total. The van der Waals surface area contributed by atoms with Crippen molar-refractivity contribution in [3.8, 4) is 0 Å². The average Bonchev–Trinajstić information content (AvgIpc) is 3.16. The van der Waals surface area contributed by atoms with E-state index in [4.69, 9.17) is 4.42 Å². The SMILES string of the molecule is C=CCn1c(=O)[nH]c(C)c(Cc2nnc(SCC(=O)Nc3ccc(F)cc3F)o2)c1=O. The second-order valence-corrected chi connectivity index (χ2v) is 7.26. The number of thioether (sulfide) groups is 1. The van der Waals surface area contributed by atoms with Gasteiger partial charge in [-0.1, -0.05) is 17.8 Å². The highest BCUT2D eigenvalue weighted by molar-refractivity contribution is 7.99. The molecule has 1 amide bonds. The van der Waals surface area contributed by atoms with E-state index in [1.165, 1.54) is 6.08 Å². The minimum absolute atomic E-state index is 0.0147. The first-order valence-electron chi connectivity index (χ1n) is 8.92. The Bertz CT molecular complexity index is 1250. The van der Waals surface area contributed by atoms with Crippen LogP contribution in [0.25, 0.3) is 0 Å². The van der Waals surface area contributed by atoms with Crippen molar-refractivity contribution < 1.29 is 18.0 Å². The van der Waals surface area contributed by atoms with Crippen molar-refractivity contribution in [2.75, 3.05) is 11.1 Å². The Labute approximate surface area is 178 Å². The fourth-order valence-corrected chi connectivity index (χ4v) is 3.23. The summed E-state index contributed by atoms with van der Waals surface area (Å²) in [4.78, 5) is 39.0. The third kappa shape index (κ3) is 5.34. The number of H-pyrrole nitrogens is 1. The quantitative estimate of drug-likeness (QED) is 0.398. The zero-order chi connectivity index (χ0) is 22.5. The van der Waals surface area contributed by atoms with Crippen LogP contribution in [-0.2, 0) is 17.8 Å². The third-order valence-corrected chi connectivity index (χ3v) is 4.93. The van der Waals surface area contributed by atoms with Crippen molar-refractivity contribution in [2.24, 2.45) is 0 Å². The van der Waals surface area contributed by atoms with E-state index < -0.39 is 28.8 Å². The van der Waals surface area contributed by atoms with E-state index in [2.05, 4.69) is 27.1 Å². The van der Waals surface area contributed by atoms with Gasteiger partial charge in [0, 0.05) is 23.9 Å². The molecule has 31 heavy (non-hydrogen) atoms. The largest absolute Gasteiger partial charge is 0.416 e. The van der Waals surface area contributed by atoms with Gasteiger partial charge in [0.05, 0.1) is 17.9 Å². The smallest absolute Gasteiger partial charge is 0.328 e. The number of hydrogen-bond donors (Lipinski definition) is 2. The van der Waals surface area contributed by atoms with Gasteiger partial charge >= 0.3 is 5.69 Å². The predicted octanol–water partition coefficient (Wildman–Crippen LogP) is 2.01. The molecule has 162 valence electrons. The Kier molecular flexibility index (Phi) is 6.80. The zero-order valence-electron chi connectivity index (χ0n) is 16.3. The van der Waals surface area contributed by atoms with Crippen molar-refractivity contribution in [3.05, 3.63) is 80.5 Å². The number of aromatic nitrogens is 4. The highest BCUT2D eigenvalue weighted by Crippen LogP contribution is 2.19. The summed E-state index contributed by atoms with van der Waals surface area (Å²) in [6.07, 6.45) is 1.42. The number of nitrogens with one attached hydrogen (secondary N) is 2. The molecule has 0 bridgehead atoms. The van der Waals surface area contributed by atoms with E-state index in [1.807, 2.05) is 0 Å². The van der Waals surface area contributed by atoms with Gasteiger partial charge in [-0.3, -0.25) is 14.2 Å². The number of anilines is 1. The predicted molar refractivity (Wildman–Crippen MR) is 109 cm³/mol. The van der Waals surface area contributed by atoms with Gasteiger partial charge in [-0.05, 0) is 19.1 Å². The third-order valence-electron chi connectivity index (χ3n) is 4.12. The number of carbonyl (C=O) groups excluding carboxylic acids is 1. The van der Waals surface area contributed by atoms with Gasteiger partial charge in [-0.2, -0.15) is 0 Å². The molecule has 3 aromatic rings. The Morgan fingerprint density at radius 2 is 2.13 bits per heavy atom. The molecule has 3 rings (SSSR count). The van der Waals surface area contributed by atoms with E-state index in [0.29, 0.717) is 11.8 Å². The molecule has 0 saturated carbocycles. The molecule has 2 aromatic heterocycles. The Balaban J connectivity index is 1.65.